The van der Waals surface area contributed by atoms with E-state index in [-0.39, 0.29) is 18.0 Å². The molecule has 1 heterocycles. The number of aromatic nitrogens is 1. The number of carbonyl (C=O) groups excluding carboxylic acids is 1. The summed E-state index contributed by atoms with van der Waals surface area (Å²) >= 11 is 6.30. The predicted molar refractivity (Wildman–Crippen MR) is 131 cm³/mol. The first-order chi connectivity index (χ1) is 15.1. The van der Waals surface area contributed by atoms with E-state index in [0.717, 1.165) is 30.5 Å². The van der Waals surface area contributed by atoms with Crippen molar-refractivity contribution < 1.29 is 9.53 Å². The molecule has 1 aromatic heterocycles. The van der Waals surface area contributed by atoms with E-state index in [4.69, 9.17) is 16.3 Å². The normalized spacial score (nSPS) is 12.0. The van der Waals surface area contributed by atoms with E-state index in [0.29, 0.717) is 5.56 Å². The average Bonchev–Trinajstić information content (AvgIpc) is 2.81. The third-order valence-corrected chi connectivity index (χ3v) is 5.92. The van der Waals surface area contributed by atoms with Gasteiger partial charge >= 0.3 is 5.97 Å². The molecular weight excluding hydrogens is 406 g/mol. The molecule has 0 bridgehead atoms. The maximum absolute atomic E-state index is 12.3. The molecule has 0 fully saturated rings. The lowest BCUT2D eigenvalue weighted by molar-refractivity contribution is 0.0501. The highest BCUT2D eigenvalue weighted by atomic mass is 35.5. The van der Waals surface area contributed by atoms with Gasteiger partial charge in [-0.3, -0.25) is 4.98 Å². The topological polar surface area (TPSA) is 39.2 Å². The first-order valence-electron chi connectivity index (χ1n) is 12.0. The predicted octanol–water partition coefficient (Wildman–Crippen LogP) is 8.00. The summed E-state index contributed by atoms with van der Waals surface area (Å²) in [7, 11) is 0. The van der Waals surface area contributed by atoms with Crippen LogP contribution in [-0.4, -0.2) is 22.9 Å². The molecule has 0 aliphatic rings. The number of carbonyl (C=O) groups is 1. The molecule has 31 heavy (non-hydrogen) atoms. The Morgan fingerprint density at radius 1 is 0.903 bits per heavy atom. The Morgan fingerprint density at radius 2 is 1.58 bits per heavy atom. The van der Waals surface area contributed by atoms with E-state index < -0.39 is 0 Å². The first kappa shape index (κ1) is 25.4. The number of rotatable bonds is 15. The summed E-state index contributed by atoms with van der Waals surface area (Å²) in [6, 6.07) is 11.6. The van der Waals surface area contributed by atoms with Crippen LogP contribution in [-0.2, 0) is 11.2 Å². The number of esters is 1. The minimum atomic E-state index is -0.321. The Bertz CT molecular complexity index is 743. The quantitative estimate of drug-likeness (QED) is 0.159. The Hall–Kier alpha value is -1.87. The van der Waals surface area contributed by atoms with Gasteiger partial charge in [-0.1, -0.05) is 83.4 Å². The second-order valence-electron chi connectivity index (χ2n) is 8.34. The molecule has 1 atom stereocenters. The highest BCUT2D eigenvalue weighted by molar-refractivity contribution is 6.20. The summed E-state index contributed by atoms with van der Waals surface area (Å²) in [5.41, 5.74) is 3.74. The van der Waals surface area contributed by atoms with Crippen LogP contribution >= 0.6 is 11.6 Å². The van der Waals surface area contributed by atoms with Gasteiger partial charge < -0.3 is 4.74 Å². The van der Waals surface area contributed by atoms with Crippen molar-refractivity contribution in [2.24, 2.45) is 0 Å². The number of benzene rings is 1. The molecule has 0 aliphatic carbocycles. The highest BCUT2D eigenvalue weighted by Crippen LogP contribution is 2.19. The molecule has 0 spiro atoms. The zero-order valence-corrected chi connectivity index (χ0v) is 20.0. The fraction of sp³-hybridized carbons (Fsp3) is 0.556. The van der Waals surface area contributed by atoms with Crippen LogP contribution in [0.5, 0.6) is 0 Å². The summed E-state index contributed by atoms with van der Waals surface area (Å²) in [6.07, 6.45) is 15.0. The van der Waals surface area contributed by atoms with Gasteiger partial charge in [-0.15, -0.1) is 11.6 Å². The van der Waals surface area contributed by atoms with Crippen LogP contribution in [0.15, 0.2) is 42.6 Å². The lowest BCUT2D eigenvalue weighted by Crippen LogP contribution is -2.14. The summed E-state index contributed by atoms with van der Waals surface area (Å²) in [5.74, 6) is -0.321. The van der Waals surface area contributed by atoms with Crippen LogP contribution in [0.1, 0.15) is 94.0 Å². The number of halogens is 1. The minimum Gasteiger partial charge on any atom is -0.461 e. The van der Waals surface area contributed by atoms with E-state index in [2.05, 4.69) is 31.0 Å². The molecule has 0 saturated heterocycles. The zero-order valence-electron chi connectivity index (χ0n) is 19.2. The fourth-order valence-corrected chi connectivity index (χ4v) is 3.80. The average molecular weight is 444 g/mol. The molecule has 0 N–H and O–H groups in total. The lowest BCUT2D eigenvalue weighted by atomic mass is 10.1. The monoisotopic (exact) mass is 443 g/mol. The van der Waals surface area contributed by atoms with Crippen LogP contribution in [0.2, 0.25) is 0 Å². The molecule has 0 unspecified atom stereocenters. The van der Waals surface area contributed by atoms with E-state index in [1.54, 1.807) is 12.1 Å². The van der Waals surface area contributed by atoms with Gasteiger partial charge in [0.2, 0.25) is 0 Å². The van der Waals surface area contributed by atoms with Crippen molar-refractivity contribution in [1.82, 2.24) is 4.98 Å². The van der Waals surface area contributed by atoms with Crippen molar-refractivity contribution in [3.63, 3.8) is 0 Å². The van der Waals surface area contributed by atoms with Gasteiger partial charge in [0.15, 0.2) is 0 Å². The van der Waals surface area contributed by atoms with E-state index in [1.165, 1.54) is 56.9 Å². The Morgan fingerprint density at radius 3 is 2.23 bits per heavy atom. The van der Waals surface area contributed by atoms with Crippen molar-refractivity contribution in [2.75, 3.05) is 6.61 Å². The Balaban J connectivity index is 1.77. The van der Waals surface area contributed by atoms with Crippen LogP contribution in [0, 0.1) is 0 Å². The number of ether oxygens (including phenoxy) is 1. The summed E-state index contributed by atoms with van der Waals surface area (Å²) in [4.78, 5) is 16.9. The maximum atomic E-state index is 12.3. The molecular formula is C27H38ClNO2. The zero-order chi connectivity index (χ0) is 22.3. The fourth-order valence-electron chi connectivity index (χ4n) is 3.58. The third kappa shape index (κ3) is 9.86. The van der Waals surface area contributed by atoms with Gasteiger partial charge in [-0.05, 0) is 43.0 Å². The third-order valence-electron chi connectivity index (χ3n) is 5.58. The van der Waals surface area contributed by atoms with Gasteiger partial charge in [0.25, 0.3) is 0 Å². The maximum Gasteiger partial charge on any atom is 0.338 e. The van der Waals surface area contributed by atoms with Gasteiger partial charge in [-0.2, -0.15) is 0 Å². The standard InChI is InChI=1S/C27H38ClNO2/c1-3-5-7-9-11-13-25(28)21-31-27(30)24-17-15-23(16-18-24)26-19-14-22(20-29-26)12-10-8-6-4-2/h14-20,25H,3-13,21H2,1-2H3/t25-/m1/s1. The summed E-state index contributed by atoms with van der Waals surface area (Å²) in [6.45, 7) is 4.70. The van der Waals surface area contributed by atoms with Crippen LogP contribution in [0.25, 0.3) is 11.3 Å². The molecule has 0 radical (unpaired) electrons. The van der Waals surface area contributed by atoms with Crippen molar-refractivity contribution >= 4 is 17.6 Å². The molecule has 2 rings (SSSR count). The second-order valence-corrected chi connectivity index (χ2v) is 8.96. The van der Waals surface area contributed by atoms with Crippen molar-refractivity contribution in [1.29, 1.82) is 0 Å². The number of unbranched alkanes of at least 4 members (excludes halogenated alkanes) is 7. The number of hydrogen-bond acceptors (Lipinski definition) is 3. The first-order valence-corrected chi connectivity index (χ1v) is 12.4. The number of aryl methyl sites for hydroxylation is 1. The highest BCUT2D eigenvalue weighted by Gasteiger charge is 2.12. The van der Waals surface area contributed by atoms with E-state index >= 15 is 0 Å². The van der Waals surface area contributed by atoms with Gasteiger partial charge in [0.05, 0.1) is 16.6 Å². The summed E-state index contributed by atoms with van der Waals surface area (Å²) < 4.78 is 5.40. The molecule has 1 aromatic carbocycles. The van der Waals surface area contributed by atoms with E-state index in [9.17, 15) is 4.79 Å². The molecule has 3 nitrogen and oxygen atoms in total. The second kappa shape index (κ2) is 15.0. The van der Waals surface area contributed by atoms with Gasteiger partial charge in [-0.25, -0.2) is 4.79 Å². The molecule has 2 aromatic rings. The smallest absolute Gasteiger partial charge is 0.338 e. The SMILES string of the molecule is CCCCCCC[C@@H](Cl)COC(=O)c1ccc(-c2ccc(CCCCCC)cn2)cc1. The van der Waals surface area contributed by atoms with Crippen LogP contribution < -0.4 is 0 Å². The van der Waals surface area contributed by atoms with Crippen LogP contribution in [0.4, 0.5) is 0 Å². The molecule has 0 aliphatic heterocycles. The molecule has 0 saturated carbocycles. The lowest BCUT2D eigenvalue weighted by Gasteiger charge is -2.11. The minimum absolute atomic E-state index is 0.116. The summed E-state index contributed by atoms with van der Waals surface area (Å²) in [5, 5.41) is -0.116. The van der Waals surface area contributed by atoms with Crippen LogP contribution in [0.3, 0.4) is 0 Å². The number of alkyl halides is 1. The van der Waals surface area contributed by atoms with E-state index in [1.807, 2.05) is 18.3 Å². The molecule has 0 amide bonds. The van der Waals surface area contributed by atoms with Crippen molar-refractivity contribution in [2.45, 2.75) is 89.9 Å². The number of pyridine rings is 1. The molecule has 170 valence electrons. The van der Waals surface area contributed by atoms with Crippen molar-refractivity contribution in [3.05, 3.63) is 53.7 Å². The van der Waals surface area contributed by atoms with Crippen molar-refractivity contribution in [3.8, 4) is 11.3 Å². The Labute approximate surface area is 193 Å². The number of hydrogen-bond donors (Lipinski definition) is 0. The van der Waals surface area contributed by atoms with Gasteiger partial charge in [0, 0.05) is 11.8 Å². The largest absolute Gasteiger partial charge is 0.461 e. The van der Waals surface area contributed by atoms with Gasteiger partial charge in [0.1, 0.15) is 6.61 Å². The Kier molecular flexibility index (Phi) is 12.3. The number of nitrogens with zero attached hydrogens (tertiary/aromatic N) is 1. The molecule has 4 heteroatoms.